The summed E-state index contributed by atoms with van der Waals surface area (Å²) in [7, 11) is 1.66. The molecule has 0 atom stereocenters. The fourth-order valence-electron chi connectivity index (χ4n) is 0.931. The van der Waals surface area contributed by atoms with E-state index in [-0.39, 0.29) is 0 Å². The van der Waals surface area contributed by atoms with Gasteiger partial charge in [-0.15, -0.1) is 0 Å². The molecule has 0 saturated heterocycles. The zero-order valence-corrected chi connectivity index (χ0v) is 9.87. The van der Waals surface area contributed by atoms with Crippen molar-refractivity contribution >= 4 is 28.3 Å². The highest BCUT2D eigenvalue weighted by atomic mass is 32.2. The van der Waals surface area contributed by atoms with Crippen molar-refractivity contribution in [2.24, 2.45) is 0 Å². The normalized spacial score (nSPS) is 9.57. The smallest absolute Gasteiger partial charge is 0.138 e. The summed E-state index contributed by atoms with van der Waals surface area (Å²) in [5.74, 6) is 0.865. The van der Waals surface area contributed by atoms with E-state index in [9.17, 15) is 0 Å². The Kier molecular flexibility index (Phi) is 4.76. The van der Waals surface area contributed by atoms with Crippen LogP contribution in [0.15, 0.2) is 29.2 Å². The van der Waals surface area contributed by atoms with Gasteiger partial charge in [-0.25, -0.2) is 0 Å². The maximum absolute atomic E-state index is 5.12. The fraction of sp³-hybridized carbons (Fsp3) is 0.300. The van der Waals surface area contributed by atoms with Crippen molar-refractivity contribution in [1.29, 1.82) is 0 Å². The summed E-state index contributed by atoms with van der Waals surface area (Å²) < 4.78 is 5.87. The van der Waals surface area contributed by atoms with Gasteiger partial charge < -0.3 is 10.1 Å². The van der Waals surface area contributed by atoms with Crippen LogP contribution in [0.1, 0.15) is 6.92 Å². The first-order valence-corrected chi connectivity index (χ1v) is 5.58. The van der Waals surface area contributed by atoms with E-state index in [0.717, 1.165) is 21.5 Å². The van der Waals surface area contributed by atoms with E-state index in [4.69, 9.17) is 17.0 Å². The average molecular weight is 227 g/mol. The summed E-state index contributed by atoms with van der Waals surface area (Å²) in [6, 6.07) is 7.84. The maximum Gasteiger partial charge on any atom is 0.138 e. The van der Waals surface area contributed by atoms with Crippen LogP contribution in [0.5, 0.6) is 5.75 Å². The minimum absolute atomic E-state index is 0.803. The first-order valence-electron chi connectivity index (χ1n) is 4.36. The molecule has 0 bridgehead atoms. The number of thiocarbonyl (C=S) groups is 1. The molecule has 0 spiro atoms. The number of nitrogens with one attached hydrogen (secondary N) is 1. The number of hydrogen-bond donors (Lipinski definition) is 1. The van der Waals surface area contributed by atoms with Gasteiger partial charge >= 0.3 is 0 Å². The molecule has 1 aromatic rings. The highest BCUT2D eigenvalue weighted by Gasteiger charge is 1.98. The van der Waals surface area contributed by atoms with Gasteiger partial charge in [0, 0.05) is 11.4 Å². The predicted molar refractivity (Wildman–Crippen MR) is 65.1 cm³/mol. The number of hydrogen-bond acceptors (Lipinski definition) is 3. The highest BCUT2D eigenvalue weighted by molar-refractivity contribution is 8.23. The molecule has 1 N–H and O–H groups in total. The number of methoxy groups -OCH3 is 1. The van der Waals surface area contributed by atoms with E-state index >= 15 is 0 Å². The molecule has 1 rings (SSSR count). The zero-order valence-electron chi connectivity index (χ0n) is 8.24. The summed E-state index contributed by atoms with van der Waals surface area (Å²) in [5, 5.41) is 3.09. The van der Waals surface area contributed by atoms with Gasteiger partial charge in [0.2, 0.25) is 0 Å². The molecule has 0 aromatic heterocycles. The third-order valence-corrected chi connectivity index (χ3v) is 2.82. The van der Waals surface area contributed by atoms with Crippen LogP contribution in [-0.4, -0.2) is 18.0 Å². The highest BCUT2D eigenvalue weighted by Crippen LogP contribution is 2.21. The Balaban J connectivity index is 2.55. The van der Waals surface area contributed by atoms with Crippen molar-refractivity contribution in [2.45, 2.75) is 11.8 Å². The van der Waals surface area contributed by atoms with Crippen molar-refractivity contribution in [3.63, 3.8) is 0 Å². The van der Waals surface area contributed by atoms with Crippen LogP contribution in [0, 0.1) is 0 Å². The monoisotopic (exact) mass is 227 g/mol. The minimum Gasteiger partial charge on any atom is -0.497 e. The Morgan fingerprint density at radius 1 is 1.43 bits per heavy atom. The van der Waals surface area contributed by atoms with Crippen LogP contribution in [0.2, 0.25) is 0 Å². The second-order valence-electron chi connectivity index (χ2n) is 2.60. The molecular weight excluding hydrogens is 214 g/mol. The molecule has 0 fully saturated rings. The van der Waals surface area contributed by atoms with Crippen molar-refractivity contribution in [2.75, 3.05) is 13.7 Å². The van der Waals surface area contributed by atoms with Crippen molar-refractivity contribution in [3.8, 4) is 5.75 Å². The third kappa shape index (κ3) is 3.55. The number of rotatable bonds is 3. The summed E-state index contributed by atoms with van der Waals surface area (Å²) in [6.07, 6.45) is 0. The van der Waals surface area contributed by atoms with Crippen molar-refractivity contribution in [3.05, 3.63) is 24.3 Å². The van der Waals surface area contributed by atoms with Gasteiger partial charge in [-0.2, -0.15) is 0 Å². The average Bonchev–Trinajstić information content (AvgIpc) is 2.19. The molecular formula is C10H13NOS2. The van der Waals surface area contributed by atoms with E-state index < -0.39 is 0 Å². The van der Waals surface area contributed by atoms with Gasteiger partial charge in [0.15, 0.2) is 0 Å². The largest absolute Gasteiger partial charge is 0.497 e. The van der Waals surface area contributed by atoms with Crippen molar-refractivity contribution in [1.82, 2.24) is 5.32 Å². The van der Waals surface area contributed by atoms with Gasteiger partial charge in [-0.1, -0.05) is 24.0 Å². The van der Waals surface area contributed by atoms with E-state index in [2.05, 4.69) is 5.32 Å². The zero-order chi connectivity index (χ0) is 10.4. The van der Waals surface area contributed by atoms with Crippen LogP contribution >= 0.6 is 24.0 Å². The van der Waals surface area contributed by atoms with Crippen molar-refractivity contribution < 1.29 is 4.74 Å². The molecule has 76 valence electrons. The van der Waals surface area contributed by atoms with E-state index in [1.165, 1.54) is 0 Å². The maximum atomic E-state index is 5.12. The summed E-state index contributed by atoms with van der Waals surface area (Å²) in [6.45, 7) is 2.89. The predicted octanol–water partition coefficient (Wildman–Crippen LogP) is 2.68. The number of thioether (sulfide) groups is 1. The van der Waals surface area contributed by atoms with Gasteiger partial charge in [-0.05, 0) is 31.2 Å². The van der Waals surface area contributed by atoms with E-state index in [0.29, 0.717) is 0 Å². The van der Waals surface area contributed by atoms with Gasteiger partial charge in [0.1, 0.15) is 10.1 Å². The van der Waals surface area contributed by atoms with Crippen LogP contribution in [0.25, 0.3) is 0 Å². The lowest BCUT2D eigenvalue weighted by atomic mass is 10.3. The third-order valence-electron chi connectivity index (χ3n) is 1.59. The summed E-state index contributed by atoms with van der Waals surface area (Å²) >= 11 is 6.67. The van der Waals surface area contributed by atoms with Crippen LogP contribution < -0.4 is 10.1 Å². The quantitative estimate of drug-likeness (QED) is 0.633. The first kappa shape index (κ1) is 11.3. The first-order chi connectivity index (χ1) is 6.76. The molecule has 0 radical (unpaired) electrons. The number of benzene rings is 1. The second-order valence-corrected chi connectivity index (χ2v) is 4.35. The van der Waals surface area contributed by atoms with Gasteiger partial charge in [0.25, 0.3) is 0 Å². The molecule has 0 aliphatic carbocycles. The lowest BCUT2D eigenvalue weighted by Crippen LogP contribution is -2.16. The van der Waals surface area contributed by atoms with E-state index in [1.807, 2.05) is 31.2 Å². The molecule has 0 saturated carbocycles. The van der Waals surface area contributed by atoms with Gasteiger partial charge in [0.05, 0.1) is 7.11 Å². The topological polar surface area (TPSA) is 21.3 Å². The standard InChI is InChI=1S/C10H13NOS2/c1-3-11-10(13)14-9-6-4-8(12-2)5-7-9/h4-7H,3H2,1-2H3,(H,11,13). The van der Waals surface area contributed by atoms with Crippen LogP contribution in [0.4, 0.5) is 0 Å². The Hall–Kier alpha value is -0.740. The molecule has 0 aliphatic heterocycles. The Labute approximate surface area is 94.0 Å². The lowest BCUT2D eigenvalue weighted by molar-refractivity contribution is 0.414. The lowest BCUT2D eigenvalue weighted by Gasteiger charge is -2.05. The molecule has 0 heterocycles. The van der Waals surface area contributed by atoms with Crippen LogP contribution in [0.3, 0.4) is 0 Å². The fourth-order valence-corrected chi connectivity index (χ4v) is 2.07. The molecule has 2 nitrogen and oxygen atoms in total. The Morgan fingerprint density at radius 2 is 2.07 bits per heavy atom. The molecule has 14 heavy (non-hydrogen) atoms. The summed E-state index contributed by atoms with van der Waals surface area (Å²) in [5.41, 5.74) is 0. The Morgan fingerprint density at radius 3 is 2.57 bits per heavy atom. The minimum atomic E-state index is 0.803. The summed E-state index contributed by atoms with van der Waals surface area (Å²) in [4.78, 5) is 1.12. The molecule has 0 aliphatic rings. The van der Waals surface area contributed by atoms with E-state index in [1.54, 1.807) is 18.9 Å². The van der Waals surface area contributed by atoms with Crippen LogP contribution in [-0.2, 0) is 0 Å². The molecule has 0 amide bonds. The van der Waals surface area contributed by atoms with Gasteiger partial charge in [-0.3, -0.25) is 0 Å². The second kappa shape index (κ2) is 5.88. The molecule has 1 aromatic carbocycles. The Bertz CT molecular complexity index is 297. The SMILES string of the molecule is CCNC(=S)Sc1ccc(OC)cc1. The molecule has 0 unspecified atom stereocenters. The number of ether oxygens (including phenoxy) is 1. The molecule has 4 heteroatoms.